The molecule has 5 heteroatoms. The number of hydrogen-bond acceptors (Lipinski definition) is 4. The molecule has 1 aromatic carbocycles. The highest BCUT2D eigenvalue weighted by Gasteiger charge is 2.24. The summed E-state index contributed by atoms with van der Waals surface area (Å²) < 4.78 is 2.39. The summed E-state index contributed by atoms with van der Waals surface area (Å²) in [5, 5.41) is 5.38. The van der Waals surface area contributed by atoms with Crippen molar-refractivity contribution in [1.29, 1.82) is 0 Å². The molecule has 1 aromatic heterocycles. The summed E-state index contributed by atoms with van der Waals surface area (Å²) in [5.74, 6) is 0. The van der Waals surface area contributed by atoms with Crippen LogP contribution in [0.1, 0.15) is 12.8 Å². The monoisotopic (exact) mass is 302 g/mol. The van der Waals surface area contributed by atoms with Crippen LogP contribution in [0.4, 0.5) is 0 Å². The Kier molecular flexibility index (Phi) is 3.88. The quantitative estimate of drug-likeness (QED) is 0.922. The summed E-state index contributed by atoms with van der Waals surface area (Å²) in [6.07, 6.45) is 2.53. The van der Waals surface area contributed by atoms with E-state index in [4.69, 9.17) is 4.98 Å². The van der Waals surface area contributed by atoms with Crippen LogP contribution in [-0.2, 0) is 6.54 Å². The number of rotatable bonds is 2. The Labute approximate surface area is 129 Å². The van der Waals surface area contributed by atoms with Gasteiger partial charge in [-0.3, -0.25) is 0 Å². The maximum atomic E-state index is 4.81. The van der Waals surface area contributed by atoms with E-state index in [-0.39, 0.29) is 0 Å². The van der Waals surface area contributed by atoms with Crippen molar-refractivity contribution in [2.75, 3.05) is 32.7 Å². The molecule has 3 heterocycles. The Morgan fingerprint density at radius 2 is 2.14 bits per heavy atom. The van der Waals surface area contributed by atoms with E-state index in [0.717, 1.165) is 18.6 Å². The van der Waals surface area contributed by atoms with Crippen molar-refractivity contribution in [3.8, 4) is 0 Å². The van der Waals surface area contributed by atoms with Gasteiger partial charge in [0.25, 0.3) is 0 Å². The van der Waals surface area contributed by atoms with E-state index in [1.807, 2.05) is 11.8 Å². The zero-order valence-corrected chi connectivity index (χ0v) is 13.1. The number of aromatic nitrogens is 2. The highest BCUT2D eigenvalue weighted by Crippen LogP contribution is 2.34. The number of benzene rings is 1. The average Bonchev–Trinajstić information content (AvgIpc) is 2.67. The Hall–Kier alpha value is -1.04. The zero-order chi connectivity index (χ0) is 14.1. The molecule has 2 aromatic rings. The SMILES string of the molecule is c1ccc2c(c1)nc1n2CCC(CN2CCCNCC2)S1. The van der Waals surface area contributed by atoms with Gasteiger partial charge in [0.2, 0.25) is 0 Å². The molecule has 0 radical (unpaired) electrons. The van der Waals surface area contributed by atoms with Gasteiger partial charge in [0.1, 0.15) is 0 Å². The first-order chi connectivity index (χ1) is 10.4. The van der Waals surface area contributed by atoms with E-state index in [1.54, 1.807) is 0 Å². The van der Waals surface area contributed by atoms with E-state index >= 15 is 0 Å². The Bertz CT molecular complexity index is 616. The lowest BCUT2D eigenvalue weighted by atomic mass is 10.2. The first-order valence-corrected chi connectivity index (χ1v) is 8.83. The number of fused-ring (bicyclic) bond motifs is 3. The third-order valence-electron chi connectivity index (χ3n) is 4.46. The first kappa shape index (κ1) is 13.6. The maximum Gasteiger partial charge on any atom is 0.169 e. The molecule has 1 atom stereocenters. The first-order valence-electron chi connectivity index (χ1n) is 7.95. The standard InChI is InChI=1S/C16H22N4S/c1-2-5-15-14(4-1)18-16-20(15)10-6-13(21-16)12-19-9-3-7-17-8-11-19/h1-2,4-5,13,17H,3,6-12H2. The second kappa shape index (κ2) is 5.99. The fourth-order valence-electron chi connectivity index (χ4n) is 3.34. The van der Waals surface area contributed by atoms with Crippen LogP contribution in [0.3, 0.4) is 0 Å². The number of imidazole rings is 1. The van der Waals surface area contributed by atoms with Crippen LogP contribution in [0, 0.1) is 0 Å². The molecule has 4 rings (SSSR count). The normalized spacial score (nSPS) is 23.9. The molecule has 0 aliphatic carbocycles. The van der Waals surface area contributed by atoms with Gasteiger partial charge in [0.15, 0.2) is 5.16 Å². The molecule has 1 fully saturated rings. The van der Waals surface area contributed by atoms with Crippen molar-refractivity contribution in [2.45, 2.75) is 29.8 Å². The van der Waals surface area contributed by atoms with Gasteiger partial charge in [-0.05, 0) is 38.1 Å². The van der Waals surface area contributed by atoms with Crippen molar-refractivity contribution in [1.82, 2.24) is 19.8 Å². The van der Waals surface area contributed by atoms with Crippen LogP contribution in [0.5, 0.6) is 0 Å². The lowest BCUT2D eigenvalue weighted by molar-refractivity contribution is 0.285. The Morgan fingerprint density at radius 3 is 3.14 bits per heavy atom. The molecule has 2 aliphatic heterocycles. The summed E-state index contributed by atoms with van der Waals surface area (Å²) in [4.78, 5) is 7.43. The minimum atomic E-state index is 0.687. The highest BCUT2D eigenvalue weighted by atomic mass is 32.2. The molecule has 0 bridgehead atoms. The molecule has 0 amide bonds. The smallest absolute Gasteiger partial charge is 0.169 e. The van der Waals surface area contributed by atoms with Gasteiger partial charge in [0.05, 0.1) is 11.0 Å². The van der Waals surface area contributed by atoms with Gasteiger partial charge in [-0.15, -0.1) is 0 Å². The number of nitrogens with one attached hydrogen (secondary N) is 1. The van der Waals surface area contributed by atoms with E-state index < -0.39 is 0 Å². The van der Waals surface area contributed by atoms with Crippen LogP contribution in [-0.4, -0.2) is 52.4 Å². The van der Waals surface area contributed by atoms with E-state index in [0.29, 0.717) is 5.25 Å². The predicted octanol–water partition coefficient (Wildman–Crippen LogP) is 2.20. The molecule has 4 nitrogen and oxygen atoms in total. The van der Waals surface area contributed by atoms with Crippen LogP contribution < -0.4 is 5.32 Å². The summed E-state index contributed by atoms with van der Waals surface area (Å²) in [7, 11) is 0. The third kappa shape index (κ3) is 2.82. The van der Waals surface area contributed by atoms with Crippen LogP contribution in [0.25, 0.3) is 11.0 Å². The van der Waals surface area contributed by atoms with Gasteiger partial charge in [-0.25, -0.2) is 4.98 Å². The van der Waals surface area contributed by atoms with Gasteiger partial charge in [0, 0.05) is 31.4 Å². The molecular weight excluding hydrogens is 280 g/mol. The van der Waals surface area contributed by atoms with Crippen molar-refractivity contribution in [3.05, 3.63) is 24.3 Å². The lowest BCUT2D eigenvalue weighted by Gasteiger charge is -2.28. The van der Waals surface area contributed by atoms with Gasteiger partial charge in [-0.2, -0.15) is 0 Å². The minimum absolute atomic E-state index is 0.687. The highest BCUT2D eigenvalue weighted by molar-refractivity contribution is 7.99. The van der Waals surface area contributed by atoms with Gasteiger partial charge < -0.3 is 14.8 Å². The van der Waals surface area contributed by atoms with E-state index in [2.05, 4.69) is 39.0 Å². The van der Waals surface area contributed by atoms with Crippen LogP contribution >= 0.6 is 11.8 Å². The molecule has 1 N–H and O–H groups in total. The molecule has 112 valence electrons. The van der Waals surface area contributed by atoms with Gasteiger partial charge in [-0.1, -0.05) is 23.9 Å². The topological polar surface area (TPSA) is 33.1 Å². The van der Waals surface area contributed by atoms with Crippen LogP contribution in [0.15, 0.2) is 29.4 Å². The van der Waals surface area contributed by atoms with Gasteiger partial charge >= 0.3 is 0 Å². The predicted molar refractivity (Wildman–Crippen MR) is 87.9 cm³/mol. The number of thioether (sulfide) groups is 1. The van der Waals surface area contributed by atoms with E-state index in [9.17, 15) is 0 Å². The van der Waals surface area contributed by atoms with Crippen molar-refractivity contribution >= 4 is 22.8 Å². The molecule has 0 saturated carbocycles. The Morgan fingerprint density at radius 1 is 1.19 bits per heavy atom. The molecule has 0 spiro atoms. The summed E-state index contributed by atoms with van der Waals surface area (Å²) in [6.45, 7) is 7.04. The van der Waals surface area contributed by atoms with E-state index in [1.165, 1.54) is 49.7 Å². The number of hydrogen-bond donors (Lipinski definition) is 1. The summed E-state index contributed by atoms with van der Waals surface area (Å²) in [6, 6.07) is 8.50. The summed E-state index contributed by atoms with van der Waals surface area (Å²) in [5.41, 5.74) is 2.43. The van der Waals surface area contributed by atoms with Crippen molar-refractivity contribution < 1.29 is 0 Å². The fraction of sp³-hybridized carbons (Fsp3) is 0.562. The molecular formula is C16H22N4S. The molecule has 2 aliphatic rings. The second-order valence-electron chi connectivity index (χ2n) is 5.97. The molecule has 1 saturated heterocycles. The minimum Gasteiger partial charge on any atom is -0.319 e. The van der Waals surface area contributed by atoms with Crippen molar-refractivity contribution in [2.24, 2.45) is 0 Å². The lowest BCUT2D eigenvalue weighted by Crippen LogP contribution is -2.35. The second-order valence-corrected chi connectivity index (χ2v) is 7.23. The van der Waals surface area contributed by atoms with Crippen molar-refractivity contribution in [3.63, 3.8) is 0 Å². The third-order valence-corrected chi connectivity index (χ3v) is 5.70. The summed E-state index contributed by atoms with van der Waals surface area (Å²) >= 11 is 1.97. The zero-order valence-electron chi connectivity index (χ0n) is 12.3. The Balaban J connectivity index is 1.48. The fourth-order valence-corrected chi connectivity index (χ4v) is 4.62. The number of nitrogens with zero attached hydrogens (tertiary/aromatic N) is 3. The molecule has 1 unspecified atom stereocenters. The average molecular weight is 302 g/mol. The molecule has 21 heavy (non-hydrogen) atoms. The van der Waals surface area contributed by atoms with Crippen LogP contribution in [0.2, 0.25) is 0 Å². The number of para-hydroxylation sites is 2. The maximum absolute atomic E-state index is 4.81. The number of aryl methyl sites for hydroxylation is 1. The largest absolute Gasteiger partial charge is 0.319 e.